The number of thiophene rings is 1. The number of unbranched alkanes of at least 4 members (excludes halogenated alkanes) is 1. The van der Waals surface area contributed by atoms with E-state index in [0.29, 0.717) is 16.3 Å². The summed E-state index contributed by atoms with van der Waals surface area (Å²) in [4.78, 5) is 11.4. The molecule has 6 nitrogen and oxygen atoms in total. The van der Waals surface area contributed by atoms with E-state index in [1.54, 1.807) is 12.1 Å². The van der Waals surface area contributed by atoms with Gasteiger partial charge in [-0.3, -0.25) is 9.10 Å². The highest BCUT2D eigenvalue weighted by Gasteiger charge is 2.30. The summed E-state index contributed by atoms with van der Waals surface area (Å²) in [6.45, 7) is 1.75. The molecule has 0 unspecified atom stereocenters. The zero-order valence-corrected chi connectivity index (χ0v) is 19.9. The molecule has 0 fully saturated rings. The number of hydrazone groups is 1. The molecule has 2 aromatic carbocycles. The second-order valence-electron chi connectivity index (χ2n) is 7.97. The fourth-order valence-corrected chi connectivity index (χ4v) is 6.79. The summed E-state index contributed by atoms with van der Waals surface area (Å²) < 4.78 is 67.3. The fraction of sp³-hybridized carbons (Fsp3) is 0.304. The van der Waals surface area contributed by atoms with E-state index >= 15 is 0 Å². The Morgan fingerprint density at radius 3 is 2.41 bits per heavy atom. The molecule has 0 bridgehead atoms. The second kappa shape index (κ2) is 9.38. The van der Waals surface area contributed by atoms with Crippen LogP contribution in [0.2, 0.25) is 0 Å². The van der Waals surface area contributed by atoms with Crippen molar-refractivity contribution in [1.82, 2.24) is 5.43 Å². The van der Waals surface area contributed by atoms with Crippen LogP contribution in [0.3, 0.4) is 0 Å². The minimum absolute atomic E-state index is 0.0156. The van der Waals surface area contributed by atoms with Gasteiger partial charge in [-0.2, -0.15) is 18.3 Å². The Labute approximate surface area is 199 Å². The number of hydrogen-bond acceptors (Lipinski definition) is 5. The molecule has 0 aliphatic carbocycles. The minimum atomic E-state index is -4.29. The Hall–Kier alpha value is -2.92. The number of anilines is 1. The lowest BCUT2D eigenvalue weighted by Crippen LogP contribution is -2.32. The lowest BCUT2D eigenvalue weighted by molar-refractivity contribution is -0.135. The number of hydrogen-bond donors (Lipinski definition) is 1. The van der Waals surface area contributed by atoms with Crippen LogP contribution >= 0.6 is 11.3 Å². The first-order valence-electron chi connectivity index (χ1n) is 10.6. The first-order valence-corrected chi connectivity index (χ1v) is 12.9. The molecule has 0 saturated carbocycles. The SMILES string of the molecule is Cc1c(N(CCCCC(F)(F)F)S(=O)(=O)c2ccc(C3=NNC(=O)C3)cc2)sc2ccccc12. The number of halogens is 3. The van der Waals surface area contributed by atoms with Gasteiger partial charge in [-0.25, -0.2) is 13.8 Å². The second-order valence-corrected chi connectivity index (χ2v) is 10.9. The zero-order valence-electron chi connectivity index (χ0n) is 18.2. The Bertz CT molecular complexity index is 1350. The maximum atomic E-state index is 13.7. The van der Waals surface area contributed by atoms with Crippen molar-refractivity contribution >= 4 is 48.1 Å². The fourth-order valence-electron chi connectivity index (χ4n) is 3.79. The normalized spacial score (nSPS) is 14.4. The van der Waals surface area contributed by atoms with Crippen molar-refractivity contribution in [3.8, 4) is 0 Å². The molecule has 1 aliphatic rings. The number of nitrogens with one attached hydrogen (secondary N) is 1. The van der Waals surface area contributed by atoms with Crippen LogP contribution in [0.1, 0.15) is 36.8 Å². The summed E-state index contributed by atoms with van der Waals surface area (Å²) in [5, 5.41) is 5.33. The van der Waals surface area contributed by atoms with Gasteiger partial charge in [-0.1, -0.05) is 30.3 Å². The number of benzene rings is 2. The Morgan fingerprint density at radius 2 is 1.79 bits per heavy atom. The van der Waals surface area contributed by atoms with Gasteiger partial charge in [0.15, 0.2) is 0 Å². The van der Waals surface area contributed by atoms with Gasteiger partial charge in [-0.15, -0.1) is 11.3 Å². The standard InChI is InChI=1S/C23H22F3N3O3S2/c1-15-18-6-2-3-7-20(18)33-22(15)29(13-5-4-12-23(24,25)26)34(31,32)17-10-8-16(9-11-17)19-14-21(30)28-27-19/h2-3,6-11H,4-5,12-14H2,1H3,(H,28,30). The van der Waals surface area contributed by atoms with Crippen LogP contribution in [0.5, 0.6) is 0 Å². The van der Waals surface area contributed by atoms with E-state index in [9.17, 15) is 26.4 Å². The molecule has 2 heterocycles. The molecule has 4 rings (SSSR count). The van der Waals surface area contributed by atoms with Gasteiger partial charge in [0.25, 0.3) is 10.0 Å². The molecule has 11 heteroatoms. The molecular formula is C23H22F3N3O3S2. The van der Waals surface area contributed by atoms with Crippen molar-refractivity contribution in [2.24, 2.45) is 5.10 Å². The minimum Gasteiger partial charge on any atom is -0.273 e. The van der Waals surface area contributed by atoms with E-state index in [1.165, 1.54) is 27.8 Å². The van der Waals surface area contributed by atoms with Crippen molar-refractivity contribution < 1.29 is 26.4 Å². The molecule has 0 spiro atoms. The Morgan fingerprint density at radius 1 is 1.09 bits per heavy atom. The zero-order chi connectivity index (χ0) is 24.5. The van der Waals surface area contributed by atoms with E-state index < -0.39 is 22.6 Å². The predicted molar refractivity (Wildman–Crippen MR) is 127 cm³/mol. The third-order valence-electron chi connectivity index (χ3n) is 5.54. The van der Waals surface area contributed by atoms with Crippen molar-refractivity contribution in [3.05, 3.63) is 59.7 Å². The van der Waals surface area contributed by atoms with Crippen molar-refractivity contribution in [2.75, 3.05) is 10.8 Å². The highest BCUT2D eigenvalue weighted by Crippen LogP contribution is 2.40. The molecule has 0 atom stereocenters. The van der Waals surface area contributed by atoms with E-state index in [-0.39, 0.29) is 36.6 Å². The van der Waals surface area contributed by atoms with Crippen LogP contribution in [0.25, 0.3) is 10.1 Å². The molecule has 180 valence electrons. The lowest BCUT2D eigenvalue weighted by atomic mass is 10.1. The Balaban J connectivity index is 1.66. The van der Waals surface area contributed by atoms with Gasteiger partial charge >= 0.3 is 6.18 Å². The predicted octanol–water partition coefficient (Wildman–Crippen LogP) is 5.36. The molecule has 1 aliphatic heterocycles. The van der Waals surface area contributed by atoms with Gasteiger partial charge in [0, 0.05) is 17.7 Å². The quantitative estimate of drug-likeness (QED) is 0.415. The number of amides is 1. The summed E-state index contributed by atoms with van der Waals surface area (Å²) in [6, 6.07) is 13.5. The van der Waals surface area contributed by atoms with Gasteiger partial charge in [0.2, 0.25) is 5.91 Å². The first-order chi connectivity index (χ1) is 16.1. The number of carbonyl (C=O) groups excluding carboxylic acids is 1. The van der Waals surface area contributed by atoms with Crippen LogP contribution in [0, 0.1) is 6.92 Å². The van der Waals surface area contributed by atoms with Crippen LogP contribution in [0.4, 0.5) is 18.2 Å². The topological polar surface area (TPSA) is 78.8 Å². The highest BCUT2D eigenvalue weighted by atomic mass is 32.2. The lowest BCUT2D eigenvalue weighted by Gasteiger charge is -2.24. The van der Waals surface area contributed by atoms with E-state index in [1.807, 2.05) is 31.2 Å². The third-order valence-corrected chi connectivity index (χ3v) is 8.76. The molecule has 0 saturated heterocycles. The summed E-state index contributed by atoms with van der Waals surface area (Å²) in [6.07, 6.45) is -5.24. The Kier molecular flexibility index (Phi) is 6.68. The maximum Gasteiger partial charge on any atom is 0.389 e. The van der Waals surface area contributed by atoms with E-state index in [0.717, 1.165) is 15.6 Å². The van der Waals surface area contributed by atoms with Gasteiger partial charge in [0.05, 0.1) is 17.0 Å². The molecular weight excluding hydrogens is 487 g/mol. The average Bonchev–Trinajstić information content (AvgIpc) is 3.36. The number of fused-ring (bicyclic) bond motifs is 1. The molecule has 1 N–H and O–H groups in total. The molecule has 1 amide bonds. The summed E-state index contributed by atoms with van der Waals surface area (Å²) in [5.41, 5.74) is 4.25. The molecule has 1 aromatic heterocycles. The number of alkyl halides is 3. The average molecular weight is 510 g/mol. The molecule has 34 heavy (non-hydrogen) atoms. The van der Waals surface area contributed by atoms with E-state index in [2.05, 4.69) is 10.5 Å². The van der Waals surface area contributed by atoms with Crippen molar-refractivity contribution in [3.63, 3.8) is 0 Å². The maximum absolute atomic E-state index is 13.7. The van der Waals surface area contributed by atoms with Crippen LogP contribution in [0.15, 0.2) is 58.5 Å². The summed E-state index contributed by atoms with van der Waals surface area (Å²) >= 11 is 1.30. The smallest absolute Gasteiger partial charge is 0.273 e. The molecule has 3 aromatic rings. The molecule has 0 radical (unpaired) electrons. The van der Waals surface area contributed by atoms with Crippen molar-refractivity contribution in [2.45, 2.75) is 43.7 Å². The van der Waals surface area contributed by atoms with Gasteiger partial charge in [0.1, 0.15) is 5.00 Å². The van der Waals surface area contributed by atoms with Crippen molar-refractivity contribution in [1.29, 1.82) is 0 Å². The van der Waals surface area contributed by atoms with Gasteiger partial charge in [-0.05, 0) is 54.5 Å². The number of sulfonamides is 1. The summed E-state index contributed by atoms with van der Waals surface area (Å²) in [5.74, 6) is -0.239. The largest absolute Gasteiger partial charge is 0.389 e. The number of nitrogens with zero attached hydrogens (tertiary/aromatic N) is 2. The van der Waals surface area contributed by atoms with Crippen LogP contribution in [-0.4, -0.2) is 32.8 Å². The number of rotatable bonds is 8. The number of carbonyl (C=O) groups is 1. The van der Waals surface area contributed by atoms with Gasteiger partial charge < -0.3 is 0 Å². The summed E-state index contributed by atoms with van der Waals surface area (Å²) in [7, 11) is -4.05. The van der Waals surface area contributed by atoms with E-state index in [4.69, 9.17) is 0 Å². The van der Waals surface area contributed by atoms with Crippen LogP contribution in [-0.2, 0) is 14.8 Å². The third kappa shape index (κ3) is 5.10. The monoisotopic (exact) mass is 509 g/mol. The highest BCUT2D eigenvalue weighted by molar-refractivity contribution is 7.93. The first kappa shape index (κ1) is 24.2. The number of aryl methyl sites for hydroxylation is 1. The van der Waals surface area contributed by atoms with Crippen LogP contribution < -0.4 is 9.73 Å².